The van der Waals surface area contributed by atoms with Gasteiger partial charge in [0.15, 0.2) is 5.69 Å². The first-order valence-electron chi connectivity index (χ1n) is 15.8. The Morgan fingerprint density at radius 1 is 0.978 bits per heavy atom. The molecule has 2 saturated heterocycles. The third-order valence-corrected chi connectivity index (χ3v) is 11.0. The van der Waals surface area contributed by atoms with Gasteiger partial charge >= 0.3 is 0 Å². The fourth-order valence-corrected chi connectivity index (χ4v) is 8.41. The van der Waals surface area contributed by atoms with Gasteiger partial charge in [0, 0.05) is 42.7 Å². The first-order valence-corrected chi connectivity index (χ1v) is 18.5. The lowest BCUT2D eigenvalue weighted by Gasteiger charge is -2.33. The molecule has 0 radical (unpaired) electrons. The molecule has 3 fully saturated rings. The zero-order chi connectivity index (χ0) is 31.3. The summed E-state index contributed by atoms with van der Waals surface area (Å²) in [6, 6.07) is 9.08. The molecule has 6 rings (SSSR count). The van der Waals surface area contributed by atoms with Crippen molar-refractivity contribution in [3.05, 3.63) is 56.5 Å². The number of nitrogens with one attached hydrogen (secondary N) is 1. The number of benzene rings is 1. The SMILES string of the molecule is O=C(NN1CCCCC1)c1nn(-c2ccc(Cl)cc2Cl)c(-c2ccc(C#CC3CCCC3)s2)c1CN(N1CCCCC1)[SH](=O)=O. The zero-order valence-corrected chi connectivity index (χ0v) is 28.4. The third-order valence-electron chi connectivity index (χ3n) is 8.69. The van der Waals surface area contributed by atoms with Gasteiger partial charge in [-0.3, -0.25) is 10.2 Å². The molecule has 1 N–H and O–H groups in total. The maximum Gasteiger partial charge on any atom is 0.286 e. The number of nitrogens with zero attached hydrogens (tertiary/aromatic N) is 5. The maximum absolute atomic E-state index is 14.0. The van der Waals surface area contributed by atoms with E-state index in [1.165, 1.54) is 28.6 Å². The van der Waals surface area contributed by atoms with E-state index in [0.717, 1.165) is 74.2 Å². The molecule has 1 aromatic carbocycles. The number of amides is 1. The van der Waals surface area contributed by atoms with Gasteiger partial charge in [-0.05, 0) is 68.9 Å². The second-order valence-electron chi connectivity index (χ2n) is 11.9. The first-order chi connectivity index (χ1) is 21.9. The van der Waals surface area contributed by atoms with E-state index in [0.29, 0.717) is 46.0 Å². The summed E-state index contributed by atoms with van der Waals surface area (Å²) in [6.07, 6.45) is 10.7. The van der Waals surface area contributed by atoms with Crippen LogP contribution in [0.4, 0.5) is 0 Å². The number of thiol groups is 1. The fraction of sp³-hybridized carbons (Fsp3) is 0.500. The number of hydrogen-bond donors (Lipinski definition) is 2. The Kier molecular flexibility index (Phi) is 10.8. The van der Waals surface area contributed by atoms with E-state index in [1.807, 2.05) is 22.2 Å². The number of thiophene rings is 1. The molecule has 4 heterocycles. The quantitative estimate of drug-likeness (QED) is 0.213. The summed E-state index contributed by atoms with van der Waals surface area (Å²) in [6.45, 7) is 2.72. The van der Waals surface area contributed by atoms with Gasteiger partial charge in [0.05, 0.1) is 32.7 Å². The Morgan fingerprint density at radius 2 is 1.69 bits per heavy atom. The smallest absolute Gasteiger partial charge is 0.283 e. The normalized spacial score (nSPS) is 18.4. The third kappa shape index (κ3) is 7.76. The molecule has 1 saturated carbocycles. The second kappa shape index (κ2) is 15.0. The predicted molar refractivity (Wildman–Crippen MR) is 180 cm³/mol. The van der Waals surface area contributed by atoms with Crippen molar-refractivity contribution in [2.24, 2.45) is 5.92 Å². The Bertz CT molecular complexity index is 1650. The number of hydrogen-bond acceptors (Lipinski definition) is 7. The van der Waals surface area contributed by atoms with E-state index in [1.54, 1.807) is 22.9 Å². The van der Waals surface area contributed by atoms with Gasteiger partial charge in [-0.1, -0.05) is 60.7 Å². The van der Waals surface area contributed by atoms with Crippen LogP contribution in [0.3, 0.4) is 0 Å². The van der Waals surface area contributed by atoms with Crippen LogP contribution in [0.25, 0.3) is 16.3 Å². The number of carbonyl (C=O) groups excluding carboxylic acids is 1. The van der Waals surface area contributed by atoms with E-state index in [2.05, 4.69) is 17.3 Å². The molecular formula is C32H38Cl2N6O3S2. The molecule has 3 aliphatic rings. The Hall–Kier alpha value is -2.43. The highest BCUT2D eigenvalue weighted by atomic mass is 35.5. The van der Waals surface area contributed by atoms with Gasteiger partial charge in [-0.25, -0.2) is 23.1 Å². The Labute approximate surface area is 280 Å². The summed E-state index contributed by atoms with van der Waals surface area (Å²) in [4.78, 5) is 15.7. The topological polar surface area (TPSA) is 90.8 Å². The van der Waals surface area contributed by atoms with Crippen LogP contribution in [-0.4, -0.2) is 64.7 Å². The van der Waals surface area contributed by atoms with Crippen LogP contribution in [0, 0.1) is 17.8 Å². The van der Waals surface area contributed by atoms with Crippen LogP contribution < -0.4 is 5.43 Å². The number of carbonyl (C=O) groups is 1. The van der Waals surface area contributed by atoms with Crippen molar-refractivity contribution < 1.29 is 13.2 Å². The number of halogens is 2. The van der Waals surface area contributed by atoms with Crippen molar-refractivity contribution in [3.63, 3.8) is 0 Å². The lowest BCUT2D eigenvalue weighted by Crippen LogP contribution is -2.46. The van der Waals surface area contributed by atoms with Crippen molar-refractivity contribution in [1.29, 1.82) is 0 Å². The highest BCUT2D eigenvalue weighted by molar-refractivity contribution is 7.69. The highest BCUT2D eigenvalue weighted by Crippen LogP contribution is 2.38. The molecule has 240 valence electrons. The van der Waals surface area contributed by atoms with Crippen molar-refractivity contribution in [2.75, 3.05) is 26.2 Å². The zero-order valence-electron chi connectivity index (χ0n) is 25.1. The molecule has 1 aliphatic carbocycles. The molecule has 0 spiro atoms. The first kappa shape index (κ1) is 32.5. The molecule has 0 atom stereocenters. The van der Waals surface area contributed by atoms with Crippen molar-refractivity contribution in [1.82, 2.24) is 29.6 Å². The minimum Gasteiger partial charge on any atom is -0.283 e. The van der Waals surface area contributed by atoms with Gasteiger partial charge in [0.25, 0.3) is 5.91 Å². The summed E-state index contributed by atoms with van der Waals surface area (Å²) in [5.74, 6) is 6.84. The number of piperidine rings is 2. The molecule has 13 heteroatoms. The highest BCUT2D eigenvalue weighted by Gasteiger charge is 2.31. The molecule has 1 amide bonds. The summed E-state index contributed by atoms with van der Waals surface area (Å²) in [5, 5.41) is 9.49. The second-order valence-corrected chi connectivity index (χ2v) is 14.7. The maximum atomic E-state index is 14.0. The minimum atomic E-state index is -2.98. The van der Waals surface area contributed by atoms with Gasteiger partial charge in [-0.15, -0.1) is 15.8 Å². The van der Waals surface area contributed by atoms with Gasteiger partial charge < -0.3 is 0 Å². The van der Waals surface area contributed by atoms with Crippen LogP contribution in [0.15, 0.2) is 30.3 Å². The average Bonchev–Trinajstić information content (AvgIpc) is 3.80. The minimum absolute atomic E-state index is 0.0387. The Balaban J connectivity index is 1.49. The van der Waals surface area contributed by atoms with E-state index in [9.17, 15) is 13.2 Å². The average molecular weight is 690 g/mol. The summed E-state index contributed by atoms with van der Waals surface area (Å²) >= 11 is 14.5. The van der Waals surface area contributed by atoms with Crippen molar-refractivity contribution in [3.8, 4) is 28.1 Å². The standard InChI is InChI=1S/C32H38Cl2N6O3S2/c33-24-12-15-28(27(34)21-24)40-31(29-16-14-25(44-29)13-11-23-9-3-4-10-23)26(22-39(45(42)43)38-19-7-2-8-20-38)30(35-40)32(41)36-37-17-5-1-6-18-37/h12,14-16,21,23,45H,1-10,17-20,22H2,(H,36,41). The molecule has 0 bridgehead atoms. The van der Waals surface area contributed by atoms with E-state index in [-0.39, 0.29) is 18.1 Å². The van der Waals surface area contributed by atoms with E-state index in [4.69, 9.17) is 28.3 Å². The summed E-state index contributed by atoms with van der Waals surface area (Å²) in [7, 11) is -2.98. The molecule has 0 unspecified atom stereocenters. The van der Waals surface area contributed by atoms with Crippen LogP contribution in [0.1, 0.15) is 85.1 Å². The molecular weight excluding hydrogens is 651 g/mol. The van der Waals surface area contributed by atoms with Crippen LogP contribution >= 0.6 is 34.5 Å². The van der Waals surface area contributed by atoms with Crippen molar-refractivity contribution in [2.45, 2.75) is 70.8 Å². The van der Waals surface area contributed by atoms with E-state index < -0.39 is 10.9 Å². The Morgan fingerprint density at radius 3 is 2.38 bits per heavy atom. The number of hydrazine groups is 2. The van der Waals surface area contributed by atoms with Gasteiger partial charge in [0.1, 0.15) is 0 Å². The van der Waals surface area contributed by atoms with Crippen LogP contribution in [0.2, 0.25) is 10.0 Å². The molecule has 3 aromatic rings. The number of rotatable bonds is 8. The van der Waals surface area contributed by atoms with Gasteiger partial charge in [-0.2, -0.15) is 5.10 Å². The lowest BCUT2D eigenvalue weighted by atomic mass is 10.1. The monoisotopic (exact) mass is 688 g/mol. The van der Waals surface area contributed by atoms with Gasteiger partial charge in [0.2, 0.25) is 10.9 Å². The summed E-state index contributed by atoms with van der Waals surface area (Å²) < 4.78 is 28.6. The molecule has 9 nitrogen and oxygen atoms in total. The molecule has 2 aromatic heterocycles. The lowest BCUT2D eigenvalue weighted by molar-refractivity contribution is 0.0361. The van der Waals surface area contributed by atoms with E-state index >= 15 is 0 Å². The predicted octanol–water partition coefficient (Wildman–Crippen LogP) is 6.31. The van der Waals surface area contributed by atoms with Crippen LogP contribution in [0.5, 0.6) is 0 Å². The largest absolute Gasteiger partial charge is 0.286 e. The number of aromatic nitrogens is 2. The summed E-state index contributed by atoms with van der Waals surface area (Å²) in [5.41, 5.74) is 4.87. The molecule has 2 aliphatic heterocycles. The molecule has 45 heavy (non-hydrogen) atoms. The fourth-order valence-electron chi connectivity index (χ4n) is 6.35. The van der Waals surface area contributed by atoms with Crippen molar-refractivity contribution >= 4 is 51.3 Å². The van der Waals surface area contributed by atoms with Crippen LogP contribution in [-0.2, 0) is 17.4 Å².